The molecule has 2 aromatic heterocycles. The molecule has 1 aliphatic rings. The zero-order valence-corrected chi connectivity index (χ0v) is 14.4. The Bertz CT molecular complexity index is 857. The predicted octanol–water partition coefficient (Wildman–Crippen LogP) is 4.64. The average molecular weight is 360 g/mol. The molecule has 7 heteroatoms. The van der Waals surface area contributed by atoms with Gasteiger partial charge in [-0.15, -0.1) is 0 Å². The third-order valence-corrected chi connectivity index (χ3v) is 5.34. The van der Waals surface area contributed by atoms with Gasteiger partial charge in [0, 0.05) is 23.8 Å². The van der Waals surface area contributed by atoms with Crippen LogP contribution in [0.2, 0.25) is 0 Å². The van der Waals surface area contributed by atoms with Crippen molar-refractivity contribution in [1.82, 2.24) is 19.1 Å². The first kappa shape index (κ1) is 16.3. The first-order chi connectivity index (χ1) is 12.2. The van der Waals surface area contributed by atoms with E-state index in [9.17, 15) is 8.78 Å². The van der Waals surface area contributed by atoms with E-state index in [4.69, 9.17) is 4.98 Å². The number of hydrogen-bond donors (Lipinski definition) is 0. The van der Waals surface area contributed by atoms with Crippen LogP contribution in [0.5, 0.6) is 0 Å². The van der Waals surface area contributed by atoms with Crippen LogP contribution in [-0.4, -0.2) is 19.1 Å². The summed E-state index contributed by atoms with van der Waals surface area (Å²) >= 11 is 1.46. The molecule has 0 atom stereocenters. The molecule has 0 fully saturated rings. The summed E-state index contributed by atoms with van der Waals surface area (Å²) < 4.78 is 29.1. The maximum atomic E-state index is 13.0. The van der Waals surface area contributed by atoms with Gasteiger partial charge in [-0.1, -0.05) is 30.0 Å². The number of rotatable bonds is 5. The van der Waals surface area contributed by atoms with Gasteiger partial charge in [-0.3, -0.25) is 9.13 Å². The lowest BCUT2D eigenvalue weighted by molar-refractivity contribution is 0.0678. The molecular formula is C18H18F2N4S. The first-order valence-corrected chi connectivity index (χ1v) is 9.31. The Hall–Kier alpha value is -2.15. The van der Waals surface area contributed by atoms with Crippen molar-refractivity contribution in [3.8, 4) is 5.69 Å². The van der Waals surface area contributed by atoms with Gasteiger partial charge in [0.15, 0.2) is 5.16 Å². The zero-order valence-electron chi connectivity index (χ0n) is 13.6. The summed E-state index contributed by atoms with van der Waals surface area (Å²) in [5.74, 6) is 0.723. The molecule has 2 heterocycles. The van der Waals surface area contributed by atoms with Gasteiger partial charge in [0.25, 0.3) is 0 Å². The van der Waals surface area contributed by atoms with E-state index in [1.54, 1.807) is 0 Å². The number of imidazole rings is 2. The molecule has 0 amide bonds. The summed E-state index contributed by atoms with van der Waals surface area (Å²) in [5, 5.41) is 0.849. The summed E-state index contributed by atoms with van der Waals surface area (Å²) in [6.45, 7) is -2.57. The van der Waals surface area contributed by atoms with Crippen molar-refractivity contribution in [3.05, 3.63) is 59.9 Å². The third kappa shape index (κ3) is 3.20. The van der Waals surface area contributed by atoms with E-state index < -0.39 is 6.55 Å². The summed E-state index contributed by atoms with van der Waals surface area (Å²) in [7, 11) is 0. The van der Waals surface area contributed by atoms with Crippen molar-refractivity contribution >= 4 is 11.8 Å². The number of aryl methyl sites for hydroxylation is 1. The van der Waals surface area contributed by atoms with Crippen molar-refractivity contribution in [2.75, 3.05) is 0 Å². The molecule has 0 radical (unpaired) electrons. The minimum absolute atomic E-state index is 0.361. The Kier molecular flexibility index (Phi) is 4.57. The topological polar surface area (TPSA) is 35.6 Å². The standard InChI is InChI=1S/C18H18F2N4S/c19-17(20)23-11-10-21-16(23)12-25-18-22-14-8-4-5-9-15(14)24(18)13-6-2-1-3-7-13/h1-3,6-7,10-11,17H,4-5,8-9,12H2. The van der Waals surface area contributed by atoms with E-state index in [-0.39, 0.29) is 0 Å². The van der Waals surface area contributed by atoms with Crippen LogP contribution >= 0.6 is 11.8 Å². The smallest absolute Gasteiger partial charge is 0.292 e. The molecule has 3 aromatic rings. The molecular weight excluding hydrogens is 342 g/mol. The van der Waals surface area contributed by atoms with E-state index in [0.29, 0.717) is 11.6 Å². The van der Waals surface area contributed by atoms with E-state index in [1.165, 1.54) is 29.8 Å². The van der Waals surface area contributed by atoms with Crippen molar-refractivity contribution in [2.45, 2.75) is 43.1 Å². The van der Waals surface area contributed by atoms with Crippen molar-refractivity contribution < 1.29 is 8.78 Å². The molecule has 0 aliphatic heterocycles. The van der Waals surface area contributed by atoms with Gasteiger partial charge in [0.05, 0.1) is 11.4 Å². The van der Waals surface area contributed by atoms with Gasteiger partial charge in [-0.2, -0.15) is 8.78 Å². The van der Waals surface area contributed by atoms with Gasteiger partial charge in [-0.25, -0.2) is 9.97 Å². The number of hydrogen-bond acceptors (Lipinski definition) is 3. The first-order valence-electron chi connectivity index (χ1n) is 8.32. The molecule has 1 aliphatic carbocycles. The van der Waals surface area contributed by atoms with Crippen molar-refractivity contribution in [3.63, 3.8) is 0 Å². The highest BCUT2D eigenvalue weighted by molar-refractivity contribution is 7.98. The largest absolute Gasteiger partial charge is 0.319 e. The van der Waals surface area contributed by atoms with Gasteiger partial charge in [0.1, 0.15) is 5.82 Å². The van der Waals surface area contributed by atoms with Crippen LogP contribution in [0.3, 0.4) is 0 Å². The van der Waals surface area contributed by atoms with Crippen LogP contribution in [0.4, 0.5) is 8.78 Å². The predicted molar refractivity (Wildman–Crippen MR) is 93.2 cm³/mol. The number of fused-ring (bicyclic) bond motifs is 1. The van der Waals surface area contributed by atoms with E-state index in [2.05, 4.69) is 21.7 Å². The summed E-state index contributed by atoms with van der Waals surface area (Å²) in [4.78, 5) is 8.86. The molecule has 1 aromatic carbocycles. The van der Waals surface area contributed by atoms with Crippen LogP contribution < -0.4 is 0 Å². The molecule has 0 spiro atoms. The highest BCUT2D eigenvalue weighted by Gasteiger charge is 2.22. The summed E-state index contributed by atoms with van der Waals surface area (Å²) in [6.07, 6.45) is 7.02. The number of benzene rings is 1. The number of nitrogens with zero attached hydrogens (tertiary/aromatic N) is 4. The molecule has 0 unspecified atom stereocenters. The van der Waals surface area contributed by atoms with E-state index in [1.807, 2.05) is 18.2 Å². The van der Waals surface area contributed by atoms with Crippen LogP contribution in [0, 0.1) is 0 Å². The van der Waals surface area contributed by atoms with Crippen molar-refractivity contribution in [2.24, 2.45) is 0 Å². The van der Waals surface area contributed by atoms with Crippen LogP contribution in [0.15, 0.2) is 47.9 Å². The second-order valence-electron chi connectivity index (χ2n) is 5.98. The Morgan fingerprint density at radius 1 is 1.12 bits per heavy atom. The minimum Gasteiger partial charge on any atom is -0.292 e. The Balaban J connectivity index is 1.67. The quantitative estimate of drug-likeness (QED) is 0.622. The number of para-hydroxylation sites is 1. The molecule has 25 heavy (non-hydrogen) atoms. The number of alkyl halides is 2. The Morgan fingerprint density at radius 3 is 2.72 bits per heavy atom. The van der Waals surface area contributed by atoms with Crippen LogP contribution in [-0.2, 0) is 18.6 Å². The second kappa shape index (κ2) is 7.00. The normalized spacial score (nSPS) is 14.0. The average Bonchev–Trinajstić information content (AvgIpc) is 3.25. The van der Waals surface area contributed by atoms with Gasteiger partial charge >= 0.3 is 6.55 Å². The van der Waals surface area contributed by atoms with Gasteiger partial charge in [0.2, 0.25) is 0 Å². The summed E-state index contributed by atoms with van der Waals surface area (Å²) in [6, 6.07) is 10.1. The van der Waals surface area contributed by atoms with E-state index in [0.717, 1.165) is 46.8 Å². The highest BCUT2D eigenvalue weighted by atomic mass is 32.2. The molecule has 0 N–H and O–H groups in total. The van der Waals surface area contributed by atoms with E-state index >= 15 is 0 Å². The number of aromatic nitrogens is 4. The maximum Gasteiger partial charge on any atom is 0.319 e. The van der Waals surface area contributed by atoms with Gasteiger partial charge in [-0.05, 0) is 37.8 Å². The van der Waals surface area contributed by atoms with Gasteiger partial charge < -0.3 is 0 Å². The highest BCUT2D eigenvalue weighted by Crippen LogP contribution is 2.32. The Labute approximate surface area is 148 Å². The Morgan fingerprint density at radius 2 is 1.92 bits per heavy atom. The lowest BCUT2D eigenvalue weighted by Crippen LogP contribution is -2.07. The number of thioether (sulfide) groups is 1. The second-order valence-corrected chi connectivity index (χ2v) is 6.93. The fourth-order valence-corrected chi connectivity index (χ4v) is 4.22. The molecule has 0 bridgehead atoms. The molecule has 130 valence electrons. The molecule has 0 saturated heterocycles. The zero-order chi connectivity index (χ0) is 17.2. The lowest BCUT2D eigenvalue weighted by atomic mass is 10.0. The maximum absolute atomic E-state index is 13.0. The molecule has 0 saturated carbocycles. The number of halogens is 2. The SMILES string of the molecule is FC(F)n1ccnc1CSc1nc2c(n1-c1ccccc1)CCCC2. The van der Waals surface area contributed by atoms with Crippen LogP contribution in [0.1, 0.15) is 36.6 Å². The van der Waals surface area contributed by atoms with Crippen LogP contribution in [0.25, 0.3) is 5.69 Å². The monoisotopic (exact) mass is 360 g/mol. The summed E-state index contributed by atoms with van der Waals surface area (Å²) in [5.41, 5.74) is 3.45. The molecule has 4 nitrogen and oxygen atoms in total. The molecule has 4 rings (SSSR count). The van der Waals surface area contributed by atoms with Crippen molar-refractivity contribution in [1.29, 1.82) is 0 Å². The lowest BCUT2D eigenvalue weighted by Gasteiger charge is -2.15. The third-order valence-electron chi connectivity index (χ3n) is 4.41. The fraction of sp³-hybridized carbons (Fsp3) is 0.333. The fourth-order valence-electron chi connectivity index (χ4n) is 3.22. The minimum atomic E-state index is -2.57.